The summed E-state index contributed by atoms with van der Waals surface area (Å²) in [6, 6.07) is 2.90. The Kier molecular flexibility index (Phi) is 5.86. The van der Waals surface area contributed by atoms with Crippen LogP contribution < -0.4 is 14.8 Å². The first-order valence-corrected chi connectivity index (χ1v) is 9.35. The van der Waals surface area contributed by atoms with Crippen molar-refractivity contribution in [3.63, 3.8) is 0 Å². The summed E-state index contributed by atoms with van der Waals surface area (Å²) in [6.45, 7) is 7.24. The lowest BCUT2D eigenvalue weighted by molar-refractivity contribution is -0.143. The molecule has 2 aliphatic rings. The maximum Gasteiger partial charge on any atom is 0.335 e. The van der Waals surface area contributed by atoms with E-state index in [0.717, 1.165) is 28.2 Å². The number of nitrogens with one attached hydrogen (secondary N) is 1. The molecule has 0 spiro atoms. The minimum atomic E-state index is -1.03. The lowest BCUT2D eigenvalue weighted by Crippen LogP contribution is -2.41. The van der Waals surface area contributed by atoms with Gasteiger partial charge < -0.3 is 14.8 Å². The number of hydrogen-bond acceptors (Lipinski definition) is 6. The van der Waals surface area contributed by atoms with E-state index in [0.29, 0.717) is 17.3 Å². The molecule has 1 saturated heterocycles. The van der Waals surface area contributed by atoms with Crippen LogP contribution in [0.2, 0.25) is 0 Å². The zero-order valence-corrected chi connectivity index (χ0v) is 16.4. The molecule has 1 N–H and O–H groups in total. The van der Waals surface area contributed by atoms with Crippen molar-refractivity contribution in [3.8, 4) is 11.5 Å². The molecule has 9 heteroatoms. The predicted octanol–water partition coefficient (Wildman–Crippen LogP) is 1.00. The van der Waals surface area contributed by atoms with Crippen molar-refractivity contribution in [1.29, 1.82) is 0 Å². The highest BCUT2D eigenvalue weighted by Crippen LogP contribution is 2.35. The van der Waals surface area contributed by atoms with Gasteiger partial charge in [0.15, 0.2) is 0 Å². The smallest absolute Gasteiger partial charge is 0.335 e. The molecular weight excluding hydrogens is 378 g/mol. The minimum absolute atomic E-state index is 0.0764. The summed E-state index contributed by atoms with van der Waals surface area (Å²) in [5.41, 5.74) is 1.77. The van der Waals surface area contributed by atoms with Gasteiger partial charge >= 0.3 is 17.8 Å². The monoisotopic (exact) mass is 401 g/mol. The summed E-state index contributed by atoms with van der Waals surface area (Å²) >= 11 is 0. The van der Waals surface area contributed by atoms with E-state index in [1.165, 1.54) is 6.08 Å². The molecule has 0 saturated carbocycles. The Morgan fingerprint density at radius 1 is 1.31 bits per heavy atom. The van der Waals surface area contributed by atoms with E-state index in [9.17, 15) is 19.2 Å². The quantitative estimate of drug-likeness (QED) is 0.396. The first-order valence-electron chi connectivity index (χ1n) is 9.35. The number of rotatable bonds is 8. The van der Waals surface area contributed by atoms with Gasteiger partial charge in [-0.15, -0.1) is 6.58 Å². The fraction of sp³-hybridized carbons (Fsp3) is 0.400. The molecule has 3 rings (SSSR count). The van der Waals surface area contributed by atoms with Crippen LogP contribution in [0.4, 0.5) is 4.79 Å². The van der Waals surface area contributed by atoms with Crippen molar-refractivity contribution >= 4 is 23.8 Å². The summed E-state index contributed by atoms with van der Waals surface area (Å²) in [5.74, 6) is -1.17. The highest BCUT2D eigenvalue weighted by molar-refractivity contribution is 6.45. The fourth-order valence-electron chi connectivity index (χ4n) is 3.28. The van der Waals surface area contributed by atoms with Gasteiger partial charge in [-0.1, -0.05) is 6.08 Å². The number of ether oxygens (including phenoxy) is 2. The van der Waals surface area contributed by atoms with Crippen LogP contribution >= 0.6 is 0 Å². The Morgan fingerprint density at radius 2 is 2.03 bits per heavy atom. The fourth-order valence-corrected chi connectivity index (χ4v) is 3.28. The Bertz CT molecular complexity index is 881. The van der Waals surface area contributed by atoms with Gasteiger partial charge in [0.1, 0.15) is 24.1 Å². The van der Waals surface area contributed by atoms with Gasteiger partial charge in [0.2, 0.25) is 5.91 Å². The summed E-state index contributed by atoms with van der Waals surface area (Å²) in [7, 11) is 0. The molecule has 5 amide bonds. The van der Waals surface area contributed by atoms with E-state index in [4.69, 9.17) is 9.47 Å². The first-order chi connectivity index (χ1) is 13.8. The summed E-state index contributed by atoms with van der Waals surface area (Å²) < 4.78 is 11.4. The molecule has 0 unspecified atom stereocenters. The molecule has 154 valence electrons. The number of nitrogens with zero attached hydrogens (tertiary/aromatic N) is 2. The van der Waals surface area contributed by atoms with E-state index in [-0.39, 0.29) is 19.2 Å². The van der Waals surface area contributed by atoms with E-state index in [2.05, 4.69) is 11.9 Å². The van der Waals surface area contributed by atoms with Gasteiger partial charge in [-0.3, -0.25) is 19.3 Å². The second-order valence-electron chi connectivity index (χ2n) is 6.79. The van der Waals surface area contributed by atoms with Crippen LogP contribution in [0, 0.1) is 0 Å². The number of carbonyl (C=O) groups is 4. The van der Waals surface area contributed by atoms with Crippen LogP contribution in [-0.4, -0.2) is 59.4 Å². The summed E-state index contributed by atoms with van der Waals surface area (Å²) in [5, 5.41) is 2.66. The second kappa shape index (κ2) is 8.34. The van der Waals surface area contributed by atoms with Crippen molar-refractivity contribution in [2.24, 2.45) is 0 Å². The van der Waals surface area contributed by atoms with Crippen molar-refractivity contribution in [2.75, 3.05) is 19.7 Å². The summed E-state index contributed by atoms with van der Waals surface area (Å²) in [4.78, 5) is 49.7. The van der Waals surface area contributed by atoms with E-state index < -0.39 is 30.3 Å². The molecule has 0 aromatic heterocycles. The molecule has 1 fully saturated rings. The van der Waals surface area contributed by atoms with Crippen molar-refractivity contribution < 1.29 is 28.7 Å². The van der Waals surface area contributed by atoms with Gasteiger partial charge in [-0.25, -0.2) is 9.69 Å². The summed E-state index contributed by atoms with van der Waals surface area (Å²) in [6.07, 6.45) is 2.20. The third kappa shape index (κ3) is 4.08. The third-order valence-corrected chi connectivity index (χ3v) is 4.60. The lowest BCUT2D eigenvalue weighted by Gasteiger charge is -2.16. The average Bonchev–Trinajstić information content (AvgIpc) is 3.13. The van der Waals surface area contributed by atoms with Gasteiger partial charge in [0, 0.05) is 30.6 Å². The van der Waals surface area contributed by atoms with Gasteiger partial charge in [0.25, 0.3) is 0 Å². The number of carbonyl (C=O) groups excluding carboxylic acids is 4. The maximum atomic E-state index is 12.3. The lowest BCUT2D eigenvalue weighted by atomic mass is 10.1. The number of hydrogen-bond donors (Lipinski definition) is 1. The van der Waals surface area contributed by atoms with Gasteiger partial charge in [0.05, 0.1) is 6.61 Å². The average molecular weight is 401 g/mol. The van der Waals surface area contributed by atoms with Crippen molar-refractivity contribution in [3.05, 3.63) is 35.9 Å². The number of urea groups is 1. The van der Waals surface area contributed by atoms with Crippen LogP contribution in [-0.2, 0) is 27.3 Å². The molecule has 0 radical (unpaired) electrons. The van der Waals surface area contributed by atoms with Crippen LogP contribution in [0.3, 0.4) is 0 Å². The molecule has 9 nitrogen and oxygen atoms in total. The molecular formula is C20H23N3O6. The van der Waals surface area contributed by atoms with Gasteiger partial charge in [-0.05, 0) is 26.0 Å². The second-order valence-corrected chi connectivity index (χ2v) is 6.79. The Hall–Kier alpha value is -3.36. The highest BCUT2D eigenvalue weighted by atomic mass is 16.5. The minimum Gasteiger partial charge on any atom is -0.494 e. The SMILES string of the molecule is C=CCN1C(=O)C(=O)N(CC(=O)NCc2cc3c(cc2OCC)C[C@@H](C)O3)C1=O. The molecule has 2 heterocycles. The van der Waals surface area contributed by atoms with Crippen LogP contribution in [0.5, 0.6) is 11.5 Å². The number of amides is 5. The van der Waals surface area contributed by atoms with E-state index in [1.54, 1.807) is 0 Å². The zero-order chi connectivity index (χ0) is 21.1. The Balaban J connectivity index is 1.66. The van der Waals surface area contributed by atoms with E-state index in [1.807, 2.05) is 26.0 Å². The Morgan fingerprint density at radius 3 is 2.72 bits per heavy atom. The predicted molar refractivity (Wildman–Crippen MR) is 102 cm³/mol. The highest BCUT2D eigenvalue weighted by Gasteiger charge is 2.44. The molecule has 1 aromatic rings. The number of benzene rings is 1. The zero-order valence-electron chi connectivity index (χ0n) is 16.4. The maximum absolute atomic E-state index is 12.3. The molecule has 0 aliphatic carbocycles. The topological polar surface area (TPSA) is 105 Å². The molecule has 2 aliphatic heterocycles. The van der Waals surface area contributed by atoms with Gasteiger partial charge in [-0.2, -0.15) is 0 Å². The van der Waals surface area contributed by atoms with Crippen LogP contribution in [0.25, 0.3) is 0 Å². The van der Waals surface area contributed by atoms with Crippen LogP contribution in [0.15, 0.2) is 24.8 Å². The number of fused-ring (bicyclic) bond motifs is 1. The molecule has 1 aromatic carbocycles. The van der Waals surface area contributed by atoms with Crippen molar-refractivity contribution in [1.82, 2.24) is 15.1 Å². The van der Waals surface area contributed by atoms with Crippen molar-refractivity contribution in [2.45, 2.75) is 32.9 Å². The normalized spacial score (nSPS) is 18.0. The molecule has 1 atom stereocenters. The number of imide groups is 2. The standard InChI is InChI=1S/C20H23N3O6/c1-4-6-22-18(25)19(26)23(20(22)27)11-17(24)21-10-14-9-16-13(7-12(3)29-16)8-15(14)28-5-2/h4,8-9,12H,1,5-7,10-11H2,2-3H3,(H,21,24)/t12-/m1/s1. The Labute approximate surface area is 168 Å². The third-order valence-electron chi connectivity index (χ3n) is 4.60. The van der Waals surface area contributed by atoms with Crippen LogP contribution in [0.1, 0.15) is 25.0 Å². The first kappa shape index (κ1) is 20.4. The molecule has 29 heavy (non-hydrogen) atoms. The van der Waals surface area contributed by atoms with E-state index >= 15 is 0 Å². The molecule has 0 bridgehead atoms. The largest absolute Gasteiger partial charge is 0.494 e.